The summed E-state index contributed by atoms with van der Waals surface area (Å²) < 4.78 is 30.6. The molecule has 0 unspecified atom stereocenters. The van der Waals surface area contributed by atoms with Crippen LogP contribution in [0.3, 0.4) is 0 Å². The molecule has 82 valence electrons. The average Bonchev–Trinajstić information content (AvgIpc) is 2.29. The Hall–Kier alpha value is -1.15. The SMILES string of the molecule is [2H]c1cc([2H])c([2H])c(C[C@H](N)C(=O)C(C)(C)C)c1[2H]. The molecule has 0 heterocycles. The van der Waals surface area contributed by atoms with Crippen LogP contribution in [0.1, 0.15) is 31.8 Å². The molecule has 1 atom stereocenters. The van der Waals surface area contributed by atoms with Crippen molar-refractivity contribution in [2.45, 2.75) is 33.2 Å². The molecular formula is C13H19NO. The monoisotopic (exact) mass is 209 g/mol. The molecule has 2 N–H and O–H groups in total. The number of hydrogen-bond donors (Lipinski definition) is 1. The lowest BCUT2D eigenvalue weighted by atomic mass is 9.85. The predicted octanol–water partition coefficient (Wildman–Crippen LogP) is 2.17. The van der Waals surface area contributed by atoms with Gasteiger partial charge in [-0.1, -0.05) is 51.0 Å². The molecule has 0 fully saturated rings. The summed E-state index contributed by atoms with van der Waals surface area (Å²) in [4.78, 5) is 12.0. The smallest absolute Gasteiger partial charge is 0.155 e. The van der Waals surface area contributed by atoms with Crippen molar-refractivity contribution in [1.29, 1.82) is 0 Å². The Kier molecular flexibility index (Phi) is 2.19. The van der Waals surface area contributed by atoms with Gasteiger partial charge in [0, 0.05) is 5.41 Å². The Bertz CT molecular complexity index is 482. The van der Waals surface area contributed by atoms with Gasteiger partial charge in [0.25, 0.3) is 0 Å². The molecule has 15 heavy (non-hydrogen) atoms. The van der Waals surface area contributed by atoms with Crippen LogP contribution in [0.4, 0.5) is 0 Å². The third-order valence-corrected chi connectivity index (χ3v) is 2.09. The molecule has 1 rings (SSSR count). The number of hydrogen-bond acceptors (Lipinski definition) is 2. The number of carbonyl (C=O) groups excluding carboxylic acids is 1. The van der Waals surface area contributed by atoms with Crippen LogP contribution in [0.25, 0.3) is 0 Å². The molecule has 0 saturated carbocycles. The number of carbonyl (C=O) groups is 1. The third kappa shape index (κ3) is 3.48. The number of benzene rings is 1. The van der Waals surface area contributed by atoms with Gasteiger partial charge in [0.15, 0.2) is 5.78 Å². The van der Waals surface area contributed by atoms with Gasteiger partial charge in [0.05, 0.1) is 11.5 Å². The first kappa shape index (κ1) is 7.18. The van der Waals surface area contributed by atoms with Crippen molar-refractivity contribution in [3.8, 4) is 0 Å². The molecule has 0 aliphatic carbocycles. The highest BCUT2D eigenvalue weighted by molar-refractivity contribution is 5.88. The van der Waals surface area contributed by atoms with Crippen molar-refractivity contribution in [2.24, 2.45) is 11.1 Å². The van der Waals surface area contributed by atoms with Gasteiger partial charge in [-0.15, -0.1) is 0 Å². The number of ketones is 1. The maximum atomic E-state index is 12.0. The molecule has 0 aliphatic heterocycles. The quantitative estimate of drug-likeness (QED) is 0.829. The number of rotatable bonds is 3. The van der Waals surface area contributed by atoms with Gasteiger partial charge in [-0.05, 0) is 12.0 Å². The van der Waals surface area contributed by atoms with Crippen LogP contribution in [-0.2, 0) is 11.2 Å². The first-order valence-corrected chi connectivity index (χ1v) is 4.92. The normalized spacial score (nSPS) is 17.3. The molecule has 2 heteroatoms. The number of nitrogens with two attached hydrogens (primary N) is 1. The summed E-state index contributed by atoms with van der Waals surface area (Å²) in [5.41, 5.74) is 5.44. The van der Waals surface area contributed by atoms with Crippen molar-refractivity contribution in [1.82, 2.24) is 0 Å². The van der Waals surface area contributed by atoms with Gasteiger partial charge in [-0.2, -0.15) is 0 Å². The first-order valence-electron chi connectivity index (χ1n) is 6.92. The maximum absolute atomic E-state index is 12.0. The van der Waals surface area contributed by atoms with E-state index in [4.69, 9.17) is 11.2 Å². The summed E-state index contributed by atoms with van der Waals surface area (Å²) in [6, 6.07) is -0.158. The molecule has 0 aliphatic rings. The van der Waals surface area contributed by atoms with Crippen LogP contribution in [0.15, 0.2) is 30.2 Å². The van der Waals surface area contributed by atoms with Gasteiger partial charge < -0.3 is 5.73 Å². The molecule has 1 aromatic carbocycles. The molecule has 0 radical (unpaired) electrons. The lowest BCUT2D eigenvalue weighted by Gasteiger charge is -2.21. The minimum absolute atomic E-state index is 0.0202. The summed E-state index contributed by atoms with van der Waals surface area (Å²) in [7, 11) is 0. The molecule has 0 aromatic heterocycles. The van der Waals surface area contributed by atoms with E-state index < -0.39 is 11.5 Å². The first-order chi connectivity index (χ1) is 8.55. The van der Waals surface area contributed by atoms with E-state index in [9.17, 15) is 4.79 Å². The Labute approximate surface area is 97.1 Å². The zero-order valence-electron chi connectivity index (χ0n) is 13.3. The summed E-state index contributed by atoms with van der Waals surface area (Å²) >= 11 is 0. The highest BCUT2D eigenvalue weighted by Gasteiger charge is 2.26. The second-order valence-corrected chi connectivity index (χ2v) is 4.59. The summed E-state index contributed by atoms with van der Waals surface area (Å²) in [6.07, 6.45) is 0.0202. The Morgan fingerprint density at radius 3 is 2.47 bits per heavy atom. The van der Waals surface area contributed by atoms with Crippen LogP contribution in [0, 0.1) is 5.41 Å². The van der Waals surface area contributed by atoms with Crippen LogP contribution in [0.5, 0.6) is 0 Å². The molecule has 1 aromatic rings. The molecule has 2 nitrogen and oxygen atoms in total. The highest BCUT2D eigenvalue weighted by Crippen LogP contribution is 2.17. The van der Waals surface area contributed by atoms with E-state index in [1.165, 1.54) is 0 Å². The molecule has 0 saturated heterocycles. The molecule has 0 amide bonds. The Balaban J connectivity index is 3.10. The minimum Gasteiger partial charge on any atom is -0.321 e. The van der Waals surface area contributed by atoms with Gasteiger partial charge in [0.2, 0.25) is 0 Å². The Morgan fingerprint density at radius 1 is 1.47 bits per heavy atom. The van der Waals surface area contributed by atoms with Gasteiger partial charge in [-0.3, -0.25) is 4.79 Å². The second-order valence-electron chi connectivity index (χ2n) is 4.59. The van der Waals surface area contributed by atoms with Crippen LogP contribution >= 0.6 is 0 Å². The third-order valence-electron chi connectivity index (χ3n) is 2.09. The summed E-state index contributed by atoms with van der Waals surface area (Å²) in [6.45, 7) is 5.28. The Morgan fingerprint density at radius 2 is 2.00 bits per heavy atom. The topological polar surface area (TPSA) is 43.1 Å². The van der Waals surface area contributed by atoms with Gasteiger partial charge in [-0.25, -0.2) is 0 Å². The minimum atomic E-state index is -0.825. The van der Waals surface area contributed by atoms with Crippen LogP contribution < -0.4 is 5.73 Å². The maximum Gasteiger partial charge on any atom is 0.155 e. The lowest BCUT2D eigenvalue weighted by Crippen LogP contribution is -2.40. The summed E-state index contributed by atoms with van der Waals surface area (Å²) in [5, 5.41) is 0. The molecule has 0 spiro atoms. The van der Waals surface area contributed by atoms with Gasteiger partial charge in [0.1, 0.15) is 0 Å². The van der Waals surface area contributed by atoms with Crippen molar-refractivity contribution in [2.75, 3.05) is 0 Å². The van der Waals surface area contributed by atoms with Crippen LogP contribution in [-0.4, -0.2) is 11.8 Å². The lowest BCUT2D eigenvalue weighted by molar-refractivity contribution is -0.127. The van der Waals surface area contributed by atoms with Crippen LogP contribution in [0.2, 0.25) is 0 Å². The number of Topliss-reactive ketones (excluding diaryl/α,β-unsaturated/α-hetero) is 1. The zero-order chi connectivity index (χ0) is 15.0. The zero-order valence-corrected chi connectivity index (χ0v) is 9.35. The molecule has 0 bridgehead atoms. The summed E-state index contributed by atoms with van der Waals surface area (Å²) in [5.74, 6) is -0.159. The van der Waals surface area contributed by atoms with Crippen molar-refractivity contribution >= 4 is 5.78 Å². The van der Waals surface area contributed by atoms with Gasteiger partial charge >= 0.3 is 0 Å². The van der Waals surface area contributed by atoms with E-state index in [0.717, 1.165) is 6.07 Å². The van der Waals surface area contributed by atoms with Crippen molar-refractivity contribution < 1.29 is 10.3 Å². The standard InChI is InChI=1S/C13H19NO/c1-13(2,3)12(15)11(14)9-10-7-5-4-6-8-10/h4-8,11H,9,14H2,1-3H3/t11-/m0/s1/i5D,6D,7D,8D. The average molecular weight is 209 g/mol. The van der Waals surface area contributed by atoms with E-state index in [0.29, 0.717) is 0 Å². The van der Waals surface area contributed by atoms with E-state index in [2.05, 4.69) is 0 Å². The van der Waals surface area contributed by atoms with E-state index in [-0.39, 0.29) is 41.9 Å². The van der Waals surface area contributed by atoms with E-state index in [1.807, 2.05) is 0 Å². The largest absolute Gasteiger partial charge is 0.321 e. The fourth-order valence-corrected chi connectivity index (χ4v) is 1.28. The van der Waals surface area contributed by atoms with E-state index in [1.54, 1.807) is 20.8 Å². The van der Waals surface area contributed by atoms with Crippen molar-refractivity contribution in [3.05, 3.63) is 35.8 Å². The highest BCUT2D eigenvalue weighted by atomic mass is 16.1. The molecular weight excluding hydrogens is 186 g/mol. The van der Waals surface area contributed by atoms with E-state index >= 15 is 0 Å². The van der Waals surface area contributed by atoms with Crippen molar-refractivity contribution in [3.63, 3.8) is 0 Å². The fourth-order valence-electron chi connectivity index (χ4n) is 1.28. The fraction of sp³-hybridized carbons (Fsp3) is 0.462. The predicted molar refractivity (Wildman–Crippen MR) is 62.6 cm³/mol. The second kappa shape index (κ2) is 4.58.